The third-order valence-corrected chi connectivity index (χ3v) is 3.84. The SMILES string of the molecule is CCCCc1cccc2c1C(=O)c1ccccc1C2=O. The topological polar surface area (TPSA) is 34.1 Å². The molecule has 0 saturated carbocycles. The summed E-state index contributed by atoms with van der Waals surface area (Å²) < 4.78 is 0. The van der Waals surface area contributed by atoms with E-state index in [9.17, 15) is 9.59 Å². The van der Waals surface area contributed by atoms with E-state index in [2.05, 4.69) is 6.92 Å². The quantitative estimate of drug-likeness (QED) is 0.721. The predicted molar refractivity (Wildman–Crippen MR) is 78.4 cm³/mol. The van der Waals surface area contributed by atoms with Crippen molar-refractivity contribution in [2.45, 2.75) is 26.2 Å². The Bertz CT molecular complexity index is 698. The van der Waals surface area contributed by atoms with Crippen LogP contribution in [-0.4, -0.2) is 11.6 Å². The molecule has 100 valence electrons. The minimum absolute atomic E-state index is 0.0121. The molecule has 1 aliphatic carbocycles. The highest BCUT2D eigenvalue weighted by Crippen LogP contribution is 2.30. The molecule has 20 heavy (non-hydrogen) atoms. The number of carbonyl (C=O) groups excluding carboxylic acids is 2. The number of hydrogen-bond donors (Lipinski definition) is 0. The van der Waals surface area contributed by atoms with Gasteiger partial charge in [-0.2, -0.15) is 0 Å². The zero-order chi connectivity index (χ0) is 14.1. The van der Waals surface area contributed by atoms with Gasteiger partial charge in [0.05, 0.1) is 0 Å². The number of benzene rings is 2. The van der Waals surface area contributed by atoms with E-state index in [0.717, 1.165) is 24.8 Å². The first-order valence-corrected chi connectivity index (χ1v) is 7.04. The summed E-state index contributed by atoms with van der Waals surface area (Å²) in [7, 11) is 0. The van der Waals surface area contributed by atoms with Crippen LogP contribution in [0.3, 0.4) is 0 Å². The van der Waals surface area contributed by atoms with Crippen LogP contribution in [0.2, 0.25) is 0 Å². The van der Waals surface area contributed by atoms with Crippen molar-refractivity contribution >= 4 is 11.6 Å². The molecule has 0 saturated heterocycles. The molecule has 0 unspecified atom stereocenters. The molecule has 0 bridgehead atoms. The molecule has 0 amide bonds. The van der Waals surface area contributed by atoms with Gasteiger partial charge < -0.3 is 0 Å². The molecule has 2 aromatic rings. The lowest BCUT2D eigenvalue weighted by molar-refractivity contribution is 0.0978. The van der Waals surface area contributed by atoms with Crippen LogP contribution in [0.4, 0.5) is 0 Å². The van der Waals surface area contributed by atoms with Gasteiger partial charge in [-0.3, -0.25) is 9.59 Å². The summed E-state index contributed by atoms with van der Waals surface area (Å²) >= 11 is 0. The monoisotopic (exact) mass is 264 g/mol. The fourth-order valence-corrected chi connectivity index (χ4v) is 2.79. The van der Waals surface area contributed by atoms with E-state index in [1.54, 1.807) is 24.3 Å². The Morgan fingerprint density at radius 1 is 0.800 bits per heavy atom. The highest BCUT2D eigenvalue weighted by Gasteiger charge is 2.30. The summed E-state index contributed by atoms with van der Waals surface area (Å²) in [6, 6.07) is 12.7. The first kappa shape index (κ1) is 12.8. The summed E-state index contributed by atoms with van der Waals surface area (Å²) in [4.78, 5) is 25.2. The van der Waals surface area contributed by atoms with Crippen molar-refractivity contribution in [3.8, 4) is 0 Å². The molecule has 0 atom stereocenters. The Labute approximate surface area is 118 Å². The predicted octanol–water partition coefficient (Wildman–Crippen LogP) is 3.80. The van der Waals surface area contributed by atoms with Gasteiger partial charge in [-0.15, -0.1) is 0 Å². The van der Waals surface area contributed by atoms with E-state index in [0.29, 0.717) is 22.3 Å². The molecule has 0 spiro atoms. The lowest BCUT2D eigenvalue weighted by Gasteiger charge is -2.20. The standard InChI is InChI=1S/C18H16O2/c1-2-3-7-12-8-6-11-15-16(12)18(20)14-10-5-4-9-13(14)17(15)19/h4-6,8-11H,2-3,7H2,1H3. The van der Waals surface area contributed by atoms with E-state index in [4.69, 9.17) is 0 Å². The van der Waals surface area contributed by atoms with Gasteiger partial charge in [-0.05, 0) is 18.4 Å². The normalized spacial score (nSPS) is 13.1. The highest BCUT2D eigenvalue weighted by atomic mass is 16.1. The smallest absolute Gasteiger partial charge is 0.194 e. The second-order valence-electron chi connectivity index (χ2n) is 5.15. The summed E-state index contributed by atoms with van der Waals surface area (Å²) in [5.74, 6) is -0.0459. The summed E-state index contributed by atoms with van der Waals surface area (Å²) in [6.45, 7) is 2.12. The number of unbranched alkanes of at least 4 members (excludes halogenated alkanes) is 1. The van der Waals surface area contributed by atoms with E-state index < -0.39 is 0 Å². The van der Waals surface area contributed by atoms with Crippen LogP contribution in [0.25, 0.3) is 0 Å². The van der Waals surface area contributed by atoms with E-state index in [1.165, 1.54) is 0 Å². The maximum Gasteiger partial charge on any atom is 0.194 e. The number of ketones is 2. The molecule has 3 rings (SSSR count). The van der Waals surface area contributed by atoms with Gasteiger partial charge >= 0.3 is 0 Å². The van der Waals surface area contributed by atoms with Crippen LogP contribution in [0.5, 0.6) is 0 Å². The fraction of sp³-hybridized carbons (Fsp3) is 0.222. The van der Waals surface area contributed by atoms with Gasteiger partial charge in [0, 0.05) is 22.3 Å². The van der Waals surface area contributed by atoms with Gasteiger partial charge in [0.1, 0.15) is 0 Å². The third-order valence-electron chi connectivity index (χ3n) is 3.84. The van der Waals surface area contributed by atoms with Crippen molar-refractivity contribution < 1.29 is 9.59 Å². The summed E-state index contributed by atoms with van der Waals surface area (Å²) in [5.41, 5.74) is 3.23. The number of hydrogen-bond acceptors (Lipinski definition) is 2. The maximum atomic E-state index is 12.7. The molecule has 0 N–H and O–H groups in total. The lowest BCUT2D eigenvalue weighted by atomic mass is 9.81. The number of rotatable bonds is 3. The molecule has 0 radical (unpaired) electrons. The highest BCUT2D eigenvalue weighted by molar-refractivity contribution is 6.28. The molecule has 0 aromatic heterocycles. The molecular formula is C18H16O2. The second kappa shape index (κ2) is 5.04. The van der Waals surface area contributed by atoms with Crippen LogP contribution in [0.1, 0.15) is 57.2 Å². The Kier molecular flexibility index (Phi) is 3.23. The Morgan fingerprint density at radius 2 is 1.45 bits per heavy atom. The zero-order valence-electron chi connectivity index (χ0n) is 11.5. The first-order valence-electron chi connectivity index (χ1n) is 7.04. The molecular weight excluding hydrogens is 248 g/mol. The molecule has 0 aliphatic heterocycles. The van der Waals surface area contributed by atoms with Crippen molar-refractivity contribution in [3.05, 3.63) is 70.3 Å². The van der Waals surface area contributed by atoms with Gasteiger partial charge in [0.15, 0.2) is 11.6 Å². The minimum Gasteiger partial charge on any atom is -0.289 e. The average molecular weight is 264 g/mol. The molecule has 0 fully saturated rings. The van der Waals surface area contributed by atoms with Crippen LogP contribution >= 0.6 is 0 Å². The van der Waals surface area contributed by atoms with Gasteiger partial charge in [-0.25, -0.2) is 0 Å². The minimum atomic E-state index is -0.0338. The first-order chi connectivity index (χ1) is 9.74. The molecule has 2 aromatic carbocycles. The summed E-state index contributed by atoms with van der Waals surface area (Å²) in [5, 5.41) is 0. The molecule has 0 heterocycles. The average Bonchev–Trinajstić information content (AvgIpc) is 2.50. The van der Waals surface area contributed by atoms with Gasteiger partial charge in [-0.1, -0.05) is 55.8 Å². The van der Waals surface area contributed by atoms with Crippen LogP contribution < -0.4 is 0 Å². The van der Waals surface area contributed by atoms with Crippen LogP contribution in [0, 0.1) is 0 Å². The van der Waals surface area contributed by atoms with E-state index >= 15 is 0 Å². The Balaban J connectivity index is 2.18. The van der Waals surface area contributed by atoms with Crippen molar-refractivity contribution in [3.63, 3.8) is 0 Å². The Hall–Kier alpha value is -2.22. The molecule has 2 nitrogen and oxygen atoms in total. The lowest BCUT2D eigenvalue weighted by Crippen LogP contribution is -2.22. The number of aryl methyl sites for hydroxylation is 1. The van der Waals surface area contributed by atoms with Gasteiger partial charge in [0.2, 0.25) is 0 Å². The number of carbonyl (C=O) groups is 2. The van der Waals surface area contributed by atoms with Crippen LogP contribution in [0.15, 0.2) is 42.5 Å². The van der Waals surface area contributed by atoms with E-state index in [-0.39, 0.29) is 11.6 Å². The number of fused-ring (bicyclic) bond motifs is 2. The van der Waals surface area contributed by atoms with E-state index in [1.807, 2.05) is 18.2 Å². The maximum absolute atomic E-state index is 12.7. The molecule has 1 aliphatic rings. The van der Waals surface area contributed by atoms with Gasteiger partial charge in [0.25, 0.3) is 0 Å². The fourth-order valence-electron chi connectivity index (χ4n) is 2.79. The zero-order valence-corrected chi connectivity index (χ0v) is 11.5. The Morgan fingerprint density at radius 3 is 2.15 bits per heavy atom. The second-order valence-corrected chi connectivity index (χ2v) is 5.15. The van der Waals surface area contributed by atoms with Crippen molar-refractivity contribution in [1.29, 1.82) is 0 Å². The largest absolute Gasteiger partial charge is 0.289 e. The van der Waals surface area contributed by atoms with Crippen LogP contribution in [-0.2, 0) is 6.42 Å². The van der Waals surface area contributed by atoms with Crippen molar-refractivity contribution in [1.82, 2.24) is 0 Å². The third kappa shape index (κ3) is 1.88. The summed E-state index contributed by atoms with van der Waals surface area (Å²) in [6.07, 6.45) is 2.95. The molecule has 2 heteroatoms. The van der Waals surface area contributed by atoms with Crippen molar-refractivity contribution in [2.24, 2.45) is 0 Å². The van der Waals surface area contributed by atoms with Crippen molar-refractivity contribution in [2.75, 3.05) is 0 Å².